The van der Waals surface area contributed by atoms with Gasteiger partial charge in [0.15, 0.2) is 18.3 Å². The molecule has 0 radical (unpaired) electrons. The maximum atomic E-state index is 15.0. The fourth-order valence-corrected chi connectivity index (χ4v) is 3.93. The Morgan fingerprint density at radius 2 is 2.13 bits per heavy atom. The van der Waals surface area contributed by atoms with Gasteiger partial charge in [0.2, 0.25) is 0 Å². The van der Waals surface area contributed by atoms with E-state index in [9.17, 15) is 4.79 Å². The van der Waals surface area contributed by atoms with Gasteiger partial charge in [0.25, 0.3) is 5.91 Å². The molecule has 2 aliphatic rings. The zero-order chi connectivity index (χ0) is 21.8. The van der Waals surface area contributed by atoms with E-state index < -0.39 is 5.82 Å². The van der Waals surface area contributed by atoms with Crippen molar-refractivity contribution in [3.05, 3.63) is 70.7 Å². The molecule has 4 rings (SSSR count). The van der Waals surface area contributed by atoms with Gasteiger partial charge in [0.1, 0.15) is 0 Å². The normalized spacial score (nSPS) is 18.2. The number of anilines is 1. The Morgan fingerprint density at radius 3 is 2.84 bits per heavy atom. The van der Waals surface area contributed by atoms with Gasteiger partial charge in [-0.3, -0.25) is 4.79 Å². The number of carbonyl (C=O) groups excluding carboxylic acids is 1. The van der Waals surface area contributed by atoms with Crippen molar-refractivity contribution in [2.45, 2.75) is 32.3 Å². The van der Waals surface area contributed by atoms with Gasteiger partial charge < -0.3 is 25.1 Å². The van der Waals surface area contributed by atoms with E-state index in [-0.39, 0.29) is 30.1 Å². The highest BCUT2D eigenvalue weighted by Gasteiger charge is 2.32. The van der Waals surface area contributed by atoms with Crippen molar-refractivity contribution >= 4 is 17.8 Å². The average molecular weight is 423 g/mol. The van der Waals surface area contributed by atoms with Gasteiger partial charge in [0, 0.05) is 24.7 Å². The Kier molecular flexibility index (Phi) is 6.32. The zero-order valence-corrected chi connectivity index (χ0v) is 17.5. The first-order valence-corrected chi connectivity index (χ1v) is 10.4. The van der Waals surface area contributed by atoms with Crippen LogP contribution in [0.3, 0.4) is 0 Å². The number of amides is 1. The number of halogens is 1. The molecule has 0 spiro atoms. The Hall–Kier alpha value is -3.19. The first-order chi connectivity index (χ1) is 15.1. The summed E-state index contributed by atoms with van der Waals surface area (Å²) in [7, 11) is 0. The molecular weight excluding hydrogens is 397 g/mol. The molecule has 1 fully saturated rings. The summed E-state index contributed by atoms with van der Waals surface area (Å²) in [5.74, 6) is -0.630. The number of hydrogen-bond donors (Lipinski definition) is 2. The van der Waals surface area contributed by atoms with Gasteiger partial charge in [-0.05, 0) is 67.2 Å². The molecule has 7 heteroatoms. The maximum absolute atomic E-state index is 15.0. The van der Waals surface area contributed by atoms with Crippen LogP contribution in [0.25, 0.3) is 0 Å². The van der Waals surface area contributed by atoms with Crippen LogP contribution in [-0.4, -0.2) is 43.0 Å². The van der Waals surface area contributed by atoms with Crippen molar-refractivity contribution in [1.29, 1.82) is 5.41 Å². The molecule has 2 aromatic carbocycles. The lowest BCUT2D eigenvalue weighted by Gasteiger charge is -2.31. The fourth-order valence-electron chi connectivity index (χ4n) is 3.93. The van der Waals surface area contributed by atoms with E-state index in [1.54, 1.807) is 30.2 Å². The van der Waals surface area contributed by atoms with Crippen LogP contribution in [0.4, 0.5) is 10.1 Å². The second-order valence-corrected chi connectivity index (χ2v) is 7.83. The minimum atomic E-state index is -0.465. The molecule has 0 aliphatic carbocycles. The summed E-state index contributed by atoms with van der Waals surface area (Å²) in [6.07, 6.45) is 6.91. The molecule has 1 unspecified atom stereocenters. The lowest BCUT2D eigenvalue weighted by molar-refractivity contribution is 0.0250. The van der Waals surface area contributed by atoms with Gasteiger partial charge in [-0.2, -0.15) is 0 Å². The Bertz CT molecular complexity index is 998. The van der Waals surface area contributed by atoms with Crippen molar-refractivity contribution in [2.24, 2.45) is 0 Å². The second kappa shape index (κ2) is 9.31. The topological polar surface area (TPSA) is 74.7 Å². The molecule has 2 heterocycles. The number of carbonyl (C=O) groups is 1. The third-order valence-corrected chi connectivity index (χ3v) is 5.69. The summed E-state index contributed by atoms with van der Waals surface area (Å²) in [4.78, 5) is 14.6. The summed E-state index contributed by atoms with van der Waals surface area (Å²) >= 11 is 0. The molecule has 162 valence electrons. The molecule has 1 amide bonds. The minimum absolute atomic E-state index is 0.0184. The standard InChI is InChI=1S/C24H26FN3O3/c1-16-18(12-17-5-7-19(8-6-17)27-10-3-9-26)13-21-23(22(16)25)31-15-28(24(21)29)14-20-4-2-11-30-20/h3,5-10,13,20,26-27H,2,4,11-12,14-15H2,1H3/b10-3-,26-9?. The maximum Gasteiger partial charge on any atom is 0.260 e. The van der Waals surface area contributed by atoms with Gasteiger partial charge in [-0.1, -0.05) is 12.1 Å². The minimum Gasteiger partial charge on any atom is -0.469 e. The predicted molar refractivity (Wildman–Crippen MR) is 117 cm³/mol. The summed E-state index contributed by atoms with van der Waals surface area (Å²) in [6.45, 7) is 2.94. The smallest absolute Gasteiger partial charge is 0.260 e. The van der Waals surface area contributed by atoms with Crippen LogP contribution in [0.1, 0.15) is 39.9 Å². The van der Waals surface area contributed by atoms with Crippen molar-refractivity contribution in [3.8, 4) is 5.75 Å². The highest BCUT2D eigenvalue weighted by Crippen LogP contribution is 2.34. The van der Waals surface area contributed by atoms with Crippen LogP contribution in [0.2, 0.25) is 0 Å². The third kappa shape index (κ3) is 4.61. The molecule has 0 aromatic heterocycles. The first kappa shape index (κ1) is 21.1. The quantitative estimate of drug-likeness (QED) is 0.652. The number of rotatable bonds is 7. The highest BCUT2D eigenvalue weighted by molar-refractivity contribution is 5.98. The monoisotopic (exact) mass is 423 g/mol. The average Bonchev–Trinajstić information content (AvgIpc) is 3.29. The molecule has 1 saturated heterocycles. The van der Waals surface area contributed by atoms with Crippen LogP contribution in [0.5, 0.6) is 5.75 Å². The fraction of sp³-hybridized carbons (Fsp3) is 0.333. The molecule has 2 aromatic rings. The van der Waals surface area contributed by atoms with E-state index >= 15 is 4.39 Å². The van der Waals surface area contributed by atoms with Crippen molar-refractivity contribution in [2.75, 3.05) is 25.2 Å². The summed E-state index contributed by atoms with van der Waals surface area (Å²) < 4.78 is 26.3. The number of nitrogens with zero attached hydrogens (tertiary/aromatic N) is 1. The van der Waals surface area contributed by atoms with Gasteiger partial charge >= 0.3 is 0 Å². The third-order valence-electron chi connectivity index (χ3n) is 5.69. The molecule has 2 aliphatic heterocycles. The van der Waals surface area contributed by atoms with Gasteiger partial charge in [0.05, 0.1) is 18.2 Å². The van der Waals surface area contributed by atoms with Crippen LogP contribution in [0.15, 0.2) is 42.6 Å². The number of allylic oxidation sites excluding steroid dienone is 1. The molecular formula is C24H26FN3O3. The van der Waals surface area contributed by atoms with Gasteiger partial charge in [-0.25, -0.2) is 4.39 Å². The van der Waals surface area contributed by atoms with Crippen molar-refractivity contribution in [1.82, 2.24) is 4.90 Å². The number of benzene rings is 2. The van der Waals surface area contributed by atoms with Crippen LogP contribution in [-0.2, 0) is 11.2 Å². The van der Waals surface area contributed by atoms with Crippen LogP contribution < -0.4 is 10.1 Å². The Balaban J connectivity index is 1.53. The largest absolute Gasteiger partial charge is 0.469 e. The molecule has 0 saturated carbocycles. The molecule has 6 nitrogen and oxygen atoms in total. The second-order valence-electron chi connectivity index (χ2n) is 7.83. The predicted octanol–water partition coefficient (Wildman–Crippen LogP) is 4.27. The van der Waals surface area contributed by atoms with E-state index in [1.165, 1.54) is 6.21 Å². The highest BCUT2D eigenvalue weighted by atomic mass is 19.1. The number of fused-ring (bicyclic) bond motifs is 1. The lowest BCUT2D eigenvalue weighted by Crippen LogP contribution is -2.43. The number of ether oxygens (including phenoxy) is 2. The lowest BCUT2D eigenvalue weighted by atomic mass is 9.96. The molecule has 0 bridgehead atoms. The zero-order valence-electron chi connectivity index (χ0n) is 17.5. The number of hydrogen-bond acceptors (Lipinski definition) is 5. The summed E-state index contributed by atoms with van der Waals surface area (Å²) in [5.41, 5.74) is 3.43. The van der Waals surface area contributed by atoms with E-state index in [0.717, 1.165) is 36.3 Å². The van der Waals surface area contributed by atoms with E-state index in [1.807, 2.05) is 24.3 Å². The summed E-state index contributed by atoms with van der Waals surface area (Å²) in [6, 6.07) is 9.52. The molecule has 31 heavy (non-hydrogen) atoms. The van der Waals surface area contributed by atoms with Crippen LogP contribution >= 0.6 is 0 Å². The van der Waals surface area contributed by atoms with E-state index in [2.05, 4.69) is 5.32 Å². The van der Waals surface area contributed by atoms with Crippen molar-refractivity contribution in [3.63, 3.8) is 0 Å². The summed E-state index contributed by atoms with van der Waals surface area (Å²) in [5, 5.41) is 10.1. The Labute approximate surface area is 181 Å². The van der Waals surface area contributed by atoms with Crippen molar-refractivity contribution < 1.29 is 18.7 Å². The van der Waals surface area contributed by atoms with Gasteiger partial charge in [-0.15, -0.1) is 0 Å². The van der Waals surface area contributed by atoms with E-state index in [4.69, 9.17) is 14.9 Å². The first-order valence-electron chi connectivity index (χ1n) is 10.4. The molecule has 2 N–H and O–H groups in total. The SMILES string of the molecule is Cc1c(Cc2ccc(N/C=C\C=N)cc2)cc2c(c1F)OCN(CC1CCCO1)C2=O. The van der Waals surface area contributed by atoms with E-state index in [0.29, 0.717) is 18.5 Å². The Morgan fingerprint density at radius 1 is 1.32 bits per heavy atom. The number of nitrogens with one attached hydrogen (secondary N) is 2. The molecule has 1 atom stereocenters. The van der Waals surface area contributed by atoms with Crippen LogP contribution in [0, 0.1) is 18.2 Å².